The minimum Gasteiger partial charge on any atom is -0.496 e. The number of methoxy groups -OCH3 is 2. The Morgan fingerprint density at radius 3 is 2.44 bits per heavy atom. The van der Waals surface area contributed by atoms with Crippen LogP contribution in [0.15, 0.2) is 12.1 Å². The molecular weight excluding hydrogens is 208 g/mol. The zero-order chi connectivity index (χ0) is 11.5. The molecule has 0 amide bonds. The lowest BCUT2D eigenvalue weighted by Crippen LogP contribution is -2.26. The molecular formula is C12H16O4. The first-order chi connectivity index (χ1) is 7.80. The van der Waals surface area contributed by atoms with Gasteiger partial charge in [-0.3, -0.25) is 0 Å². The van der Waals surface area contributed by atoms with Gasteiger partial charge in [0, 0.05) is 17.5 Å². The third kappa shape index (κ3) is 1.86. The summed E-state index contributed by atoms with van der Waals surface area (Å²) in [5.41, 5.74) is 2.10. The molecule has 1 heterocycles. The van der Waals surface area contributed by atoms with Gasteiger partial charge in [0.25, 0.3) is 0 Å². The topological polar surface area (TPSA) is 47.9 Å². The van der Waals surface area contributed by atoms with E-state index < -0.39 is 0 Å². The van der Waals surface area contributed by atoms with Gasteiger partial charge >= 0.3 is 0 Å². The normalized spacial score (nSPS) is 19.1. The SMILES string of the molecule is COc1ccc(OC)c2c1COC(CO)C2. The van der Waals surface area contributed by atoms with Crippen molar-refractivity contribution in [2.24, 2.45) is 0 Å². The van der Waals surface area contributed by atoms with Crippen molar-refractivity contribution in [3.63, 3.8) is 0 Å². The van der Waals surface area contributed by atoms with E-state index in [1.165, 1.54) is 0 Å². The summed E-state index contributed by atoms with van der Waals surface area (Å²) in [6.07, 6.45) is 0.514. The van der Waals surface area contributed by atoms with Crippen LogP contribution < -0.4 is 9.47 Å². The van der Waals surface area contributed by atoms with E-state index in [4.69, 9.17) is 19.3 Å². The van der Waals surface area contributed by atoms with Gasteiger partial charge < -0.3 is 19.3 Å². The van der Waals surface area contributed by atoms with E-state index in [-0.39, 0.29) is 12.7 Å². The first-order valence-electron chi connectivity index (χ1n) is 5.25. The molecule has 1 aromatic carbocycles. The van der Waals surface area contributed by atoms with Crippen LogP contribution in [0.2, 0.25) is 0 Å². The van der Waals surface area contributed by atoms with E-state index in [0.717, 1.165) is 22.6 Å². The van der Waals surface area contributed by atoms with Crippen LogP contribution in [0.4, 0.5) is 0 Å². The first kappa shape index (κ1) is 11.2. The van der Waals surface area contributed by atoms with Gasteiger partial charge in [0.15, 0.2) is 0 Å². The Bertz CT molecular complexity index is 376. The minimum absolute atomic E-state index is 0.0276. The predicted octanol–water partition coefficient (Wildman–Crippen LogP) is 1.14. The van der Waals surface area contributed by atoms with Gasteiger partial charge in [-0.05, 0) is 12.1 Å². The van der Waals surface area contributed by atoms with E-state index >= 15 is 0 Å². The number of rotatable bonds is 3. The van der Waals surface area contributed by atoms with Crippen LogP contribution in [0.25, 0.3) is 0 Å². The van der Waals surface area contributed by atoms with Gasteiger partial charge in [0.05, 0.1) is 33.5 Å². The lowest BCUT2D eigenvalue weighted by atomic mass is 9.97. The largest absolute Gasteiger partial charge is 0.496 e. The average Bonchev–Trinajstić information content (AvgIpc) is 2.36. The Morgan fingerprint density at radius 1 is 1.25 bits per heavy atom. The lowest BCUT2D eigenvalue weighted by Gasteiger charge is -2.26. The maximum Gasteiger partial charge on any atom is 0.124 e. The molecule has 0 fully saturated rings. The summed E-state index contributed by atoms with van der Waals surface area (Å²) in [5, 5.41) is 9.11. The highest BCUT2D eigenvalue weighted by atomic mass is 16.5. The van der Waals surface area contributed by atoms with Crippen LogP contribution in [-0.4, -0.2) is 32.0 Å². The Labute approximate surface area is 94.8 Å². The van der Waals surface area contributed by atoms with Gasteiger partial charge in [0.1, 0.15) is 11.5 Å². The molecule has 0 radical (unpaired) electrons. The summed E-state index contributed by atoms with van der Waals surface area (Å²) in [5.74, 6) is 1.64. The Balaban J connectivity index is 2.42. The molecule has 1 N–H and O–H groups in total. The second-order valence-corrected chi connectivity index (χ2v) is 3.75. The Hall–Kier alpha value is -1.26. The van der Waals surface area contributed by atoms with Crippen molar-refractivity contribution >= 4 is 0 Å². The number of hydrogen-bond donors (Lipinski definition) is 1. The highest BCUT2D eigenvalue weighted by molar-refractivity contribution is 5.49. The van der Waals surface area contributed by atoms with E-state index in [9.17, 15) is 0 Å². The summed E-state index contributed by atoms with van der Waals surface area (Å²) >= 11 is 0. The van der Waals surface area contributed by atoms with Crippen molar-refractivity contribution in [2.45, 2.75) is 19.1 Å². The molecule has 0 spiro atoms. The maximum absolute atomic E-state index is 9.11. The molecule has 0 saturated heterocycles. The van der Waals surface area contributed by atoms with Crippen LogP contribution in [0.1, 0.15) is 11.1 Å². The van der Waals surface area contributed by atoms with Crippen LogP contribution in [0.3, 0.4) is 0 Å². The molecule has 4 heteroatoms. The number of aliphatic hydroxyl groups excluding tert-OH is 1. The molecule has 0 aromatic heterocycles. The fourth-order valence-corrected chi connectivity index (χ4v) is 2.02. The monoisotopic (exact) mass is 224 g/mol. The predicted molar refractivity (Wildman–Crippen MR) is 58.9 cm³/mol. The number of fused-ring (bicyclic) bond motifs is 1. The van der Waals surface area contributed by atoms with Gasteiger partial charge in [-0.2, -0.15) is 0 Å². The van der Waals surface area contributed by atoms with Crippen molar-refractivity contribution < 1.29 is 19.3 Å². The summed E-state index contributed by atoms with van der Waals surface area (Å²) in [4.78, 5) is 0. The first-order valence-corrected chi connectivity index (χ1v) is 5.25. The number of aliphatic hydroxyl groups is 1. The molecule has 1 aliphatic rings. The van der Waals surface area contributed by atoms with Crippen molar-refractivity contribution in [2.75, 3.05) is 20.8 Å². The van der Waals surface area contributed by atoms with Crippen molar-refractivity contribution in [3.8, 4) is 11.5 Å². The highest BCUT2D eigenvalue weighted by Crippen LogP contribution is 2.35. The molecule has 2 rings (SSSR count). The smallest absolute Gasteiger partial charge is 0.124 e. The number of ether oxygens (including phenoxy) is 3. The summed E-state index contributed by atoms with van der Waals surface area (Å²) < 4.78 is 16.1. The van der Waals surface area contributed by atoms with Crippen molar-refractivity contribution in [1.82, 2.24) is 0 Å². The second-order valence-electron chi connectivity index (χ2n) is 3.75. The fraction of sp³-hybridized carbons (Fsp3) is 0.500. The molecule has 1 unspecified atom stereocenters. The molecule has 0 bridgehead atoms. The molecule has 88 valence electrons. The van der Waals surface area contributed by atoms with Crippen LogP contribution >= 0.6 is 0 Å². The van der Waals surface area contributed by atoms with Gasteiger partial charge in [-0.15, -0.1) is 0 Å². The van der Waals surface area contributed by atoms with E-state index in [0.29, 0.717) is 13.0 Å². The number of benzene rings is 1. The molecule has 1 aliphatic heterocycles. The standard InChI is InChI=1S/C12H16O4/c1-14-11-3-4-12(15-2)10-7-16-8(6-13)5-9(10)11/h3-4,8,13H,5-7H2,1-2H3. The Kier molecular flexibility index (Phi) is 3.31. The Morgan fingerprint density at radius 2 is 1.88 bits per heavy atom. The van der Waals surface area contributed by atoms with Crippen LogP contribution in [0, 0.1) is 0 Å². The highest BCUT2D eigenvalue weighted by Gasteiger charge is 2.24. The van der Waals surface area contributed by atoms with Crippen LogP contribution in [0.5, 0.6) is 11.5 Å². The third-order valence-electron chi connectivity index (χ3n) is 2.88. The van der Waals surface area contributed by atoms with Gasteiger partial charge in [-0.25, -0.2) is 0 Å². The molecule has 16 heavy (non-hydrogen) atoms. The quantitative estimate of drug-likeness (QED) is 0.836. The molecule has 4 nitrogen and oxygen atoms in total. The molecule has 0 aliphatic carbocycles. The van der Waals surface area contributed by atoms with E-state index in [1.54, 1.807) is 14.2 Å². The molecule has 1 atom stereocenters. The summed E-state index contributed by atoms with van der Waals surface area (Å²) in [6, 6.07) is 3.76. The van der Waals surface area contributed by atoms with Gasteiger partial charge in [0.2, 0.25) is 0 Å². The zero-order valence-corrected chi connectivity index (χ0v) is 9.53. The van der Waals surface area contributed by atoms with Crippen molar-refractivity contribution in [1.29, 1.82) is 0 Å². The number of hydrogen-bond acceptors (Lipinski definition) is 4. The summed E-state index contributed by atoms with van der Waals surface area (Å²) in [7, 11) is 3.28. The third-order valence-corrected chi connectivity index (χ3v) is 2.88. The molecule has 0 saturated carbocycles. The molecule has 1 aromatic rings. The summed E-state index contributed by atoms with van der Waals surface area (Å²) in [6.45, 7) is 0.487. The fourth-order valence-electron chi connectivity index (χ4n) is 2.02. The van der Waals surface area contributed by atoms with Crippen molar-refractivity contribution in [3.05, 3.63) is 23.3 Å². The average molecular weight is 224 g/mol. The van der Waals surface area contributed by atoms with Crippen LogP contribution in [-0.2, 0) is 17.8 Å². The van der Waals surface area contributed by atoms with E-state index in [2.05, 4.69) is 0 Å². The van der Waals surface area contributed by atoms with Gasteiger partial charge in [-0.1, -0.05) is 0 Å². The minimum atomic E-state index is -0.145. The second kappa shape index (κ2) is 4.72. The maximum atomic E-state index is 9.11. The van der Waals surface area contributed by atoms with E-state index in [1.807, 2.05) is 12.1 Å². The lowest BCUT2D eigenvalue weighted by molar-refractivity contribution is -0.00850. The zero-order valence-electron chi connectivity index (χ0n) is 9.53.